The van der Waals surface area contributed by atoms with Gasteiger partial charge in [-0.25, -0.2) is 0 Å². The molecule has 0 radical (unpaired) electrons. The Kier molecular flexibility index (Phi) is 6.43. The van der Waals surface area contributed by atoms with E-state index in [1.807, 2.05) is 30.3 Å². The van der Waals surface area contributed by atoms with Crippen molar-refractivity contribution in [3.05, 3.63) is 84.6 Å². The molecule has 4 rings (SSSR count). The summed E-state index contributed by atoms with van der Waals surface area (Å²) in [6.07, 6.45) is 3.00. The third-order valence-corrected chi connectivity index (χ3v) is 5.22. The lowest BCUT2D eigenvalue weighted by Gasteiger charge is -2.09. The van der Waals surface area contributed by atoms with Crippen LogP contribution in [0.2, 0.25) is 0 Å². The summed E-state index contributed by atoms with van der Waals surface area (Å²) in [6.45, 7) is 0.895. The van der Waals surface area contributed by atoms with Gasteiger partial charge in [0.15, 0.2) is 0 Å². The summed E-state index contributed by atoms with van der Waals surface area (Å²) in [5, 5.41) is 3.98. The zero-order valence-corrected chi connectivity index (χ0v) is 17.9. The Morgan fingerprint density at radius 1 is 0.968 bits per heavy atom. The Hall–Kier alpha value is -3.44. The number of halogens is 1. The van der Waals surface area contributed by atoms with Gasteiger partial charge in [0.25, 0.3) is 5.91 Å². The Bertz CT molecular complexity index is 1190. The number of hydrogen-bond donors (Lipinski definition) is 1. The van der Waals surface area contributed by atoms with Crippen molar-refractivity contribution in [2.75, 3.05) is 18.3 Å². The predicted molar refractivity (Wildman–Crippen MR) is 125 cm³/mol. The fourth-order valence-corrected chi connectivity index (χ4v) is 3.50. The van der Waals surface area contributed by atoms with Gasteiger partial charge in [0.1, 0.15) is 17.2 Å². The number of nitrogens with one attached hydrogen (secondary N) is 1. The lowest BCUT2D eigenvalue weighted by Crippen LogP contribution is -2.11. The number of aromatic nitrogens is 1. The van der Waals surface area contributed by atoms with Crippen LogP contribution in [0.5, 0.6) is 17.2 Å². The van der Waals surface area contributed by atoms with Gasteiger partial charge in [-0.05, 0) is 67.1 Å². The Morgan fingerprint density at radius 2 is 1.77 bits per heavy atom. The number of ether oxygens (including phenoxy) is 2. The molecule has 158 valence electrons. The smallest absolute Gasteiger partial charge is 0.255 e. The largest absolute Gasteiger partial charge is 0.497 e. The van der Waals surface area contributed by atoms with Gasteiger partial charge >= 0.3 is 0 Å². The summed E-state index contributed by atoms with van der Waals surface area (Å²) in [7, 11) is 1.59. The molecule has 0 aliphatic heterocycles. The number of anilines is 1. The van der Waals surface area contributed by atoms with Crippen molar-refractivity contribution in [1.29, 1.82) is 0 Å². The van der Waals surface area contributed by atoms with Crippen molar-refractivity contribution in [3.63, 3.8) is 0 Å². The van der Waals surface area contributed by atoms with Crippen LogP contribution in [-0.2, 0) is 6.54 Å². The second-order valence-corrected chi connectivity index (χ2v) is 7.46. The number of nitrogens with zero attached hydrogens (tertiary/aromatic N) is 1. The number of alkyl halides is 1. The topological polar surface area (TPSA) is 52.5 Å². The van der Waals surface area contributed by atoms with E-state index in [0.29, 0.717) is 28.6 Å². The van der Waals surface area contributed by atoms with Crippen molar-refractivity contribution in [2.45, 2.75) is 13.0 Å². The molecule has 4 aromatic rings. The number of fused-ring (bicyclic) bond motifs is 1. The van der Waals surface area contributed by atoms with Gasteiger partial charge in [-0.1, -0.05) is 6.07 Å². The van der Waals surface area contributed by atoms with Crippen LogP contribution in [-0.4, -0.2) is 23.5 Å². The average molecular weight is 435 g/mol. The van der Waals surface area contributed by atoms with Gasteiger partial charge in [0.05, 0.1) is 7.11 Å². The molecule has 1 aromatic heterocycles. The number of amides is 1. The standard InChI is InChI=1S/C25H23ClN2O3/c1-30-22-5-2-4-20(17-22)27-25(29)18-6-8-21(9-7-18)31-23-10-11-24-19(16-23)12-15-28(24)14-3-13-26/h2,4-12,15-17H,3,13-14H2,1H3,(H,27,29). The van der Waals surface area contributed by atoms with Crippen LogP contribution < -0.4 is 14.8 Å². The normalized spacial score (nSPS) is 10.8. The third-order valence-electron chi connectivity index (χ3n) is 4.95. The first-order valence-corrected chi connectivity index (χ1v) is 10.6. The highest BCUT2D eigenvalue weighted by Gasteiger charge is 2.08. The maximum Gasteiger partial charge on any atom is 0.255 e. The summed E-state index contributed by atoms with van der Waals surface area (Å²) in [5.74, 6) is 2.55. The average Bonchev–Trinajstić information content (AvgIpc) is 3.20. The molecule has 5 nitrogen and oxygen atoms in total. The van der Waals surface area contributed by atoms with E-state index in [1.165, 1.54) is 0 Å². The van der Waals surface area contributed by atoms with Crippen molar-refractivity contribution in [3.8, 4) is 17.2 Å². The maximum atomic E-state index is 12.5. The van der Waals surface area contributed by atoms with Crippen molar-refractivity contribution in [2.24, 2.45) is 0 Å². The number of hydrogen-bond acceptors (Lipinski definition) is 3. The van der Waals surface area contributed by atoms with Crippen LogP contribution in [0.1, 0.15) is 16.8 Å². The highest BCUT2D eigenvalue weighted by Crippen LogP contribution is 2.27. The second kappa shape index (κ2) is 9.58. The van der Waals surface area contributed by atoms with Gasteiger partial charge in [0, 0.05) is 46.8 Å². The van der Waals surface area contributed by atoms with E-state index in [9.17, 15) is 4.79 Å². The van der Waals surface area contributed by atoms with Crippen LogP contribution in [0.15, 0.2) is 79.0 Å². The van der Waals surface area contributed by atoms with E-state index in [1.54, 1.807) is 37.4 Å². The van der Waals surface area contributed by atoms with Gasteiger partial charge < -0.3 is 19.4 Å². The van der Waals surface area contributed by atoms with Crippen LogP contribution in [0.3, 0.4) is 0 Å². The minimum Gasteiger partial charge on any atom is -0.497 e. The zero-order valence-electron chi connectivity index (χ0n) is 17.2. The maximum absolute atomic E-state index is 12.5. The molecule has 6 heteroatoms. The molecule has 0 saturated heterocycles. The number of methoxy groups -OCH3 is 1. The first-order chi connectivity index (χ1) is 15.2. The van der Waals surface area contributed by atoms with E-state index in [0.717, 1.165) is 29.6 Å². The molecule has 1 N–H and O–H groups in total. The number of rotatable bonds is 8. The molecule has 1 amide bonds. The predicted octanol–water partition coefficient (Wildman–Crippen LogP) is 6.32. The number of carbonyl (C=O) groups is 1. The summed E-state index contributed by atoms with van der Waals surface area (Å²) >= 11 is 5.81. The third kappa shape index (κ3) is 5.01. The molecule has 0 saturated carbocycles. The summed E-state index contributed by atoms with van der Waals surface area (Å²) in [4.78, 5) is 12.5. The van der Waals surface area contributed by atoms with E-state index in [-0.39, 0.29) is 5.91 Å². The molecule has 0 spiro atoms. The van der Waals surface area contributed by atoms with Crippen molar-refractivity contribution in [1.82, 2.24) is 4.57 Å². The van der Waals surface area contributed by atoms with Gasteiger partial charge in [-0.15, -0.1) is 11.6 Å². The van der Waals surface area contributed by atoms with Crippen molar-refractivity contribution >= 4 is 34.1 Å². The Morgan fingerprint density at radius 3 is 2.55 bits per heavy atom. The van der Waals surface area contributed by atoms with Crippen LogP contribution >= 0.6 is 11.6 Å². The summed E-state index contributed by atoms with van der Waals surface area (Å²) in [6, 6.07) is 22.4. The fraction of sp³-hybridized carbons (Fsp3) is 0.160. The van der Waals surface area contributed by atoms with Gasteiger partial charge in [0.2, 0.25) is 0 Å². The van der Waals surface area contributed by atoms with Crippen LogP contribution in [0.4, 0.5) is 5.69 Å². The molecular weight excluding hydrogens is 412 g/mol. The van der Waals surface area contributed by atoms with Gasteiger partial charge in [-0.2, -0.15) is 0 Å². The highest BCUT2D eigenvalue weighted by molar-refractivity contribution is 6.17. The van der Waals surface area contributed by atoms with Crippen LogP contribution in [0.25, 0.3) is 10.9 Å². The minimum atomic E-state index is -0.195. The minimum absolute atomic E-state index is 0.195. The monoisotopic (exact) mass is 434 g/mol. The van der Waals surface area contributed by atoms with Gasteiger partial charge in [-0.3, -0.25) is 4.79 Å². The second-order valence-electron chi connectivity index (χ2n) is 7.08. The Labute approximate surface area is 186 Å². The molecule has 0 unspecified atom stereocenters. The number of carbonyl (C=O) groups excluding carboxylic acids is 1. The highest BCUT2D eigenvalue weighted by atomic mass is 35.5. The van der Waals surface area contributed by atoms with Crippen LogP contribution in [0, 0.1) is 0 Å². The summed E-state index contributed by atoms with van der Waals surface area (Å²) in [5.41, 5.74) is 2.37. The Balaban J connectivity index is 1.42. The van der Waals surface area contributed by atoms with E-state index in [4.69, 9.17) is 21.1 Å². The molecule has 31 heavy (non-hydrogen) atoms. The molecule has 0 aliphatic rings. The van der Waals surface area contributed by atoms with Crippen molar-refractivity contribution < 1.29 is 14.3 Å². The molecule has 1 heterocycles. The molecule has 0 aliphatic carbocycles. The fourth-order valence-electron chi connectivity index (χ4n) is 3.38. The first kappa shape index (κ1) is 20.8. The molecule has 3 aromatic carbocycles. The molecular formula is C25H23ClN2O3. The number of aryl methyl sites for hydroxylation is 1. The molecule has 0 atom stereocenters. The summed E-state index contributed by atoms with van der Waals surface area (Å²) < 4.78 is 13.4. The number of benzene rings is 3. The lowest BCUT2D eigenvalue weighted by molar-refractivity contribution is 0.102. The zero-order chi connectivity index (χ0) is 21.6. The van der Waals surface area contributed by atoms with E-state index in [2.05, 4.69) is 28.2 Å². The first-order valence-electron chi connectivity index (χ1n) is 10.0. The quantitative estimate of drug-likeness (QED) is 0.330. The van der Waals surface area contributed by atoms with E-state index >= 15 is 0 Å². The molecule has 0 bridgehead atoms. The van der Waals surface area contributed by atoms with E-state index < -0.39 is 0 Å². The lowest BCUT2D eigenvalue weighted by atomic mass is 10.2. The SMILES string of the molecule is COc1cccc(NC(=O)c2ccc(Oc3ccc4c(ccn4CCCCl)c3)cc2)c1. The molecule has 0 fully saturated rings.